The third-order valence-corrected chi connectivity index (χ3v) is 2.98. The van der Waals surface area contributed by atoms with Gasteiger partial charge in [-0.3, -0.25) is 9.69 Å². The number of hydrogen-bond acceptors (Lipinski definition) is 3. The van der Waals surface area contributed by atoms with Crippen LogP contribution in [0.5, 0.6) is 0 Å². The van der Waals surface area contributed by atoms with Crippen molar-refractivity contribution in [1.82, 2.24) is 10.2 Å². The van der Waals surface area contributed by atoms with Gasteiger partial charge in [0, 0.05) is 18.6 Å². The second kappa shape index (κ2) is 2.71. The number of rotatable bonds is 2. The smallest absolute Gasteiger partial charge is 0.317 e. The lowest BCUT2D eigenvalue weighted by atomic mass is 9.89. The molecule has 2 fully saturated rings. The number of aliphatic carboxylic acids is 1. The molecule has 0 aliphatic carbocycles. The molecule has 1 spiro atoms. The van der Waals surface area contributed by atoms with E-state index in [1.54, 1.807) is 0 Å². The van der Waals surface area contributed by atoms with Crippen molar-refractivity contribution in [3.05, 3.63) is 0 Å². The average molecular weight is 170 g/mol. The minimum Gasteiger partial charge on any atom is -0.480 e. The maximum Gasteiger partial charge on any atom is 0.317 e. The highest BCUT2D eigenvalue weighted by molar-refractivity contribution is 5.69. The molecular weight excluding hydrogens is 156 g/mol. The second-order valence-electron chi connectivity index (χ2n) is 3.75. The molecule has 0 aromatic carbocycles. The molecule has 2 aliphatic heterocycles. The molecule has 12 heavy (non-hydrogen) atoms. The van der Waals surface area contributed by atoms with Crippen LogP contribution in [0.4, 0.5) is 0 Å². The van der Waals surface area contributed by atoms with E-state index < -0.39 is 5.97 Å². The monoisotopic (exact) mass is 170 g/mol. The molecule has 0 aromatic heterocycles. The lowest BCUT2D eigenvalue weighted by molar-refractivity contribution is -0.140. The Bertz CT molecular complexity index is 201. The van der Waals surface area contributed by atoms with Crippen molar-refractivity contribution in [3.8, 4) is 0 Å². The summed E-state index contributed by atoms with van der Waals surface area (Å²) < 4.78 is 0. The summed E-state index contributed by atoms with van der Waals surface area (Å²) in [6.45, 7) is 3.11. The fourth-order valence-electron chi connectivity index (χ4n) is 2.22. The summed E-state index contributed by atoms with van der Waals surface area (Å²) in [7, 11) is 0. The first kappa shape index (κ1) is 8.01. The summed E-state index contributed by atoms with van der Waals surface area (Å²) in [5, 5.41) is 11.9. The number of likely N-dealkylation sites (tertiary alicyclic amines) is 1. The van der Waals surface area contributed by atoms with Crippen LogP contribution < -0.4 is 5.32 Å². The van der Waals surface area contributed by atoms with Gasteiger partial charge in [0.1, 0.15) is 0 Å². The fraction of sp³-hybridized carbons (Fsp3) is 0.875. The Morgan fingerprint density at radius 2 is 2.33 bits per heavy atom. The Kier molecular flexibility index (Phi) is 1.81. The highest BCUT2D eigenvalue weighted by Crippen LogP contribution is 2.31. The molecule has 0 unspecified atom stereocenters. The topological polar surface area (TPSA) is 52.6 Å². The molecule has 2 heterocycles. The number of carbonyl (C=O) groups is 1. The lowest BCUT2D eigenvalue weighted by Gasteiger charge is -2.45. The minimum absolute atomic E-state index is 0.207. The number of carboxylic acids is 1. The van der Waals surface area contributed by atoms with E-state index in [1.807, 2.05) is 0 Å². The third-order valence-electron chi connectivity index (χ3n) is 2.98. The predicted molar refractivity (Wildman–Crippen MR) is 44.0 cm³/mol. The maximum atomic E-state index is 10.5. The third kappa shape index (κ3) is 1.11. The normalized spacial score (nSPS) is 27.3. The van der Waals surface area contributed by atoms with Crippen molar-refractivity contribution >= 4 is 5.97 Å². The van der Waals surface area contributed by atoms with Crippen molar-refractivity contribution in [1.29, 1.82) is 0 Å². The summed E-state index contributed by atoms with van der Waals surface area (Å²) in [6.07, 6.45) is 2.31. The number of nitrogens with one attached hydrogen (secondary N) is 1. The van der Waals surface area contributed by atoms with Gasteiger partial charge >= 0.3 is 5.97 Å². The molecule has 2 saturated heterocycles. The lowest BCUT2D eigenvalue weighted by Crippen LogP contribution is -2.66. The van der Waals surface area contributed by atoms with E-state index in [2.05, 4.69) is 10.2 Å². The van der Waals surface area contributed by atoms with E-state index >= 15 is 0 Å². The van der Waals surface area contributed by atoms with E-state index in [4.69, 9.17) is 5.11 Å². The Balaban J connectivity index is 1.99. The van der Waals surface area contributed by atoms with Gasteiger partial charge in [-0.05, 0) is 19.4 Å². The van der Waals surface area contributed by atoms with E-state index in [0.717, 1.165) is 32.5 Å². The Hall–Kier alpha value is -0.610. The highest BCUT2D eigenvalue weighted by Gasteiger charge is 2.45. The van der Waals surface area contributed by atoms with Crippen molar-refractivity contribution in [2.45, 2.75) is 18.4 Å². The van der Waals surface area contributed by atoms with Crippen LogP contribution >= 0.6 is 0 Å². The second-order valence-corrected chi connectivity index (χ2v) is 3.75. The molecule has 4 nitrogen and oxygen atoms in total. The maximum absolute atomic E-state index is 10.5. The molecule has 0 bridgehead atoms. The van der Waals surface area contributed by atoms with E-state index in [1.165, 1.54) is 0 Å². The number of hydrogen-bond donors (Lipinski definition) is 2. The largest absolute Gasteiger partial charge is 0.480 e. The molecule has 0 aromatic rings. The quantitative estimate of drug-likeness (QED) is 0.587. The zero-order chi connectivity index (χ0) is 8.60. The van der Waals surface area contributed by atoms with Crippen LogP contribution in [0.2, 0.25) is 0 Å². The predicted octanol–water partition coefficient (Wildman–Crippen LogP) is -0.491. The van der Waals surface area contributed by atoms with Crippen LogP contribution in [0.15, 0.2) is 0 Å². The number of carboxylic acid groups (broad SMARTS) is 1. The van der Waals surface area contributed by atoms with E-state index in [0.29, 0.717) is 0 Å². The SMILES string of the molecule is O=C(O)CN1CCCC12CNC2. The van der Waals surface area contributed by atoms with Gasteiger partial charge in [-0.25, -0.2) is 0 Å². The molecule has 2 N–H and O–H groups in total. The molecule has 2 aliphatic rings. The molecule has 0 radical (unpaired) electrons. The molecule has 0 amide bonds. The van der Waals surface area contributed by atoms with Gasteiger partial charge < -0.3 is 10.4 Å². The van der Waals surface area contributed by atoms with Gasteiger partial charge in [-0.2, -0.15) is 0 Å². The molecule has 4 heteroatoms. The van der Waals surface area contributed by atoms with Crippen LogP contribution in [-0.2, 0) is 4.79 Å². The summed E-state index contributed by atoms with van der Waals surface area (Å²) in [4.78, 5) is 12.6. The molecule has 0 saturated carbocycles. The standard InChI is InChI=1S/C8H14N2O2/c11-7(12)4-10-3-1-2-8(10)5-9-6-8/h9H,1-6H2,(H,11,12). The molecule has 0 atom stereocenters. The summed E-state index contributed by atoms with van der Waals surface area (Å²) >= 11 is 0. The first-order chi connectivity index (χ1) is 5.73. The van der Waals surface area contributed by atoms with Crippen molar-refractivity contribution in [2.24, 2.45) is 0 Å². The molecule has 68 valence electrons. The zero-order valence-electron chi connectivity index (χ0n) is 7.05. The Morgan fingerprint density at radius 1 is 1.58 bits per heavy atom. The van der Waals surface area contributed by atoms with Crippen molar-refractivity contribution < 1.29 is 9.90 Å². The Labute approximate surface area is 71.5 Å². The molecular formula is C8H14N2O2. The first-order valence-corrected chi connectivity index (χ1v) is 4.41. The summed E-state index contributed by atoms with van der Waals surface area (Å²) in [5.74, 6) is -0.705. The van der Waals surface area contributed by atoms with Crippen molar-refractivity contribution in [2.75, 3.05) is 26.2 Å². The van der Waals surface area contributed by atoms with Crippen LogP contribution in [0.25, 0.3) is 0 Å². The molecule has 2 rings (SSSR count). The van der Waals surface area contributed by atoms with Crippen LogP contribution in [0, 0.1) is 0 Å². The van der Waals surface area contributed by atoms with E-state index in [9.17, 15) is 4.79 Å². The Morgan fingerprint density at radius 3 is 2.83 bits per heavy atom. The fourth-order valence-corrected chi connectivity index (χ4v) is 2.22. The van der Waals surface area contributed by atoms with Gasteiger partial charge in [0.05, 0.1) is 6.54 Å². The van der Waals surface area contributed by atoms with Gasteiger partial charge in [-0.15, -0.1) is 0 Å². The summed E-state index contributed by atoms with van der Waals surface area (Å²) in [6, 6.07) is 0. The minimum atomic E-state index is -0.705. The van der Waals surface area contributed by atoms with Crippen molar-refractivity contribution in [3.63, 3.8) is 0 Å². The van der Waals surface area contributed by atoms with Crippen LogP contribution in [0.1, 0.15) is 12.8 Å². The first-order valence-electron chi connectivity index (χ1n) is 4.41. The van der Waals surface area contributed by atoms with Crippen LogP contribution in [-0.4, -0.2) is 47.7 Å². The summed E-state index contributed by atoms with van der Waals surface area (Å²) in [5.41, 5.74) is 0.207. The van der Waals surface area contributed by atoms with Gasteiger partial charge in [0.25, 0.3) is 0 Å². The van der Waals surface area contributed by atoms with Gasteiger partial charge in [0.15, 0.2) is 0 Å². The van der Waals surface area contributed by atoms with Gasteiger partial charge in [0.2, 0.25) is 0 Å². The van der Waals surface area contributed by atoms with E-state index in [-0.39, 0.29) is 12.1 Å². The average Bonchev–Trinajstić information content (AvgIpc) is 2.28. The number of nitrogens with zero attached hydrogens (tertiary/aromatic N) is 1. The van der Waals surface area contributed by atoms with Crippen LogP contribution in [0.3, 0.4) is 0 Å². The zero-order valence-corrected chi connectivity index (χ0v) is 7.05. The van der Waals surface area contributed by atoms with Gasteiger partial charge in [-0.1, -0.05) is 0 Å². The highest BCUT2D eigenvalue weighted by atomic mass is 16.4.